The standard InChI is InChI=1S/C17H18N2O2/c20-17(12-18-13-6-7-13)19-14-8-10-16(11-9-14)21-15-4-2-1-3-5-15/h1-5,8-11,13,18H,6-7,12H2,(H,19,20). The van der Waals surface area contributed by atoms with E-state index in [0.29, 0.717) is 12.6 Å². The Balaban J connectivity index is 1.52. The van der Waals surface area contributed by atoms with E-state index in [1.54, 1.807) is 0 Å². The number of para-hydroxylation sites is 1. The number of amides is 1. The van der Waals surface area contributed by atoms with Gasteiger partial charge in [-0.2, -0.15) is 0 Å². The fourth-order valence-corrected chi connectivity index (χ4v) is 1.96. The van der Waals surface area contributed by atoms with Gasteiger partial charge in [0.1, 0.15) is 11.5 Å². The molecule has 0 heterocycles. The predicted octanol–water partition coefficient (Wildman–Crippen LogP) is 3.17. The molecule has 1 aliphatic rings. The quantitative estimate of drug-likeness (QED) is 0.855. The highest BCUT2D eigenvalue weighted by Gasteiger charge is 2.21. The van der Waals surface area contributed by atoms with Crippen molar-refractivity contribution in [3.05, 3.63) is 54.6 Å². The number of carbonyl (C=O) groups is 1. The Kier molecular flexibility index (Phi) is 4.17. The molecule has 1 fully saturated rings. The lowest BCUT2D eigenvalue weighted by atomic mass is 10.3. The third kappa shape index (κ3) is 4.33. The summed E-state index contributed by atoms with van der Waals surface area (Å²) in [5.41, 5.74) is 0.776. The lowest BCUT2D eigenvalue weighted by Crippen LogP contribution is -2.29. The number of hydrogen-bond acceptors (Lipinski definition) is 3. The van der Waals surface area contributed by atoms with Gasteiger partial charge >= 0.3 is 0 Å². The summed E-state index contributed by atoms with van der Waals surface area (Å²) in [7, 11) is 0. The minimum Gasteiger partial charge on any atom is -0.457 e. The van der Waals surface area contributed by atoms with E-state index in [-0.39, 0.29) is 5.91 Å². The highest BCUT2D eigenvalue weighted by atomic mass is 16.5. The van der Waals surface area contributed by atoms with Gasteiger partial charge in [-0.1, -0.05) is 18.2 Å². The van der Waals surface area contributed by atoms with Crippen molar-refractivity contribution < 1.29 is 9.53 Å². The van der Waals surface area contributed by atoms with Crippen LogP contribution in [0.5, 0.6) is 11.5 Å². The topological polar surface area (TPSA) is 50.4 Å². The van der Waals surface area contributed by atoms with Crippen molar-refractivity contribution in [1.29, 1.82) is 0 Å². The maximum atomic E-state index is 11.7. The second-order valence-electron chi connectivity index (χ2n) is 5.14. The van der Waals surface area contributed by atoms with Gasteiger partial charge in [-0.05, 0) is 49.2 Å². The number of benzene rings is 2. The summed E-state index contributed by atoms with van der Waals surface area (Å²) in [4.78, 5) is 11.7. The molecule has 0 bridgehead atoms. The van der Waals surface area contributed by atoms with E-state index >= 15 is 0 Å². The van der Waals surface area contributed by atoms with E-state index in [4.69, 9.17) is 4.74 Å². The van der Waals surface area contributed by atoms with Crippen LogP contribution in [-0.4, -0.2) is 18.5 Å². The highest BCUT2D eigenvalue weighted by Crippen LogP contribution is 2.22. The van der Waals surface area contributed by atoms with Gasteiger partial charge in [-0.3, -0.25) is 4.79 Å². The molecule has 21 heavy (non-hydrogen) atoms. The maximum Gasteiger partial charge on any atom is 0.238 e. The van der Waals surface area contributed by atoms with E-state index in [1.165, 1.54) is 12.8 Å². The molecular weight excluding hydrogens is 264 g/mol. The summed E-state index contributed by atoms with van der Waals surface area (Å²) in [5, 5.41) is 6.04. The van der Waals surface area contributed by atoms with Crippen molar-refractivity contribution in [2.45, 2.75) is 18.9 Å². The summed E-state index contributed by atoms with van der Waals surface area (Å²) < 4.78 is 5.70. The van der Waals surface area contributed by atoms with Gasteiger partial charge in [0.15, 0.2) is 0 Å². The average molecular weight is 282 g/mol. The van der Waals surface area contributed by atoms with E-state index < -0.39 is 0 Å². The molecule has 0 spiro atoms. The molecule has 0 radical (unpaired) electrons. The third-order valence-corrected chi connectivity index (χ3v) is 3.25. The summed E-state index contributed by atoms with van der Waals surface area (Å²) in [6.45, 7) is 0.368. The molecule has 1 amide bonds. The van der Waals surface area contributed by atoms with Crippen molar-refractivity contribution in [3.8, 4) is 11.5 Å². The van der Waals surface area contributed by atoms with Gasteiger partial charge in [0, 0.05) is 11.7 Å². The summed E-state index contributed by atoms with van der Waals surface area (Å²) >= 11 is 0. The fraction of sp³-hybridized carbons (Fsp3) is 0.235. The molecule has 0 aliphatic heterocycles. The van der Waals surface area contributed by atoms with Gasteiger partial charge < -0.3 is 15.4 Å². The van der Waals surface area contributed by atoms with Crippen LogP contribution in [0.3, 0.4) is 0 Å². The Morgan fingerprint density at radius 2 is 1.67 bits per heavy atom. The van der Waals surface area contributed by atoms with E-state index in [0.717, 1.165) is 17.2 Å². The van der Waals surface area contributed by atoms with Gasteiger partial charge in [-0.25, -0.2) is 0 Å². The monoisotopic (exact) mass is 282 g/mol. The molecule has 0 aromatic heterocycles. The van der Waals surface area contributed by atoms with Gasteiger partial charge in [-0.15, -0.1) is 0 Å². The number of rotatable bonds is 6. The second-order valence-corrected chi connectivity index (χ2v) is 5.14. The van der Waals surface area contributed by atoms with Crippen LogP contribution in [0.1, 0.15) is 12.8 Å². The number of hydrogen-bond donors (Lipinski definition) is 2. The minimum atomic E-state index is -0.0152. The van der Waals surface area contributed by atoms with Crippen molar-refractivity contribution in [3.63, 3.8) is 0 Å². The van der Waals surface area contributed by atoms with E-state index in [1.807, 2.05) is 54.6 Å². The van der Waals surface area contributed by atoms with Crippen molar-refractivity contribution in [2.24, 2.45) is 0 Å². The predicted molar refractivity (Wildman–Crippen MR) is 82.6 cm³/mol. The zero-order chi connectivity index (χ0) is 14.5. The Bertz CT molecular complexity index is 592. The van der Waals surface area contributed by atoms with Crippen molar-refractivity contribution in [1.82, 2.24) is 5.32 Å². The van der Waals surface area contributed by atoms with Crippen LogP contribution in [0, 0.1) is 0 Å². The SMILES string of the molecule is O=C(CNC1CC1)Nc1ccc(Oc2ccccc2)cc1. The lowest BCUT2D eigenvalue weighted by molar-refractivity contribution is -0.115. The third-order valence-electron chi connectivity index (χ3n) is 3.25. The minimum absolute atomic E-state index is 0.0152. The number of nitrogens with one attached hydrogen (secondary N) is 2. The van der Waals surface area contributed by atoms with Crippen LogP contribution in [0.2, 0.25) is 0 Å². The summed E-state index contributed by atoms with van der Waals surface area (Å²) in [6, 6.07) is 17.5. The van der Waals surface area contributed by atoms with Gasteiger partial charge in [0.25, 0.3) is 0 Å². The first kappa shape index (κ1) is 13.6. The molecule has 2 aromatic carbocycles. The Morgan fingerprint density at radius 3 is 2.33 bits per heavy atom. The van der Waals surface area contributed by atoms with E-state index in [9.17, 15) is 4.79 Å². The molecule has 108 valence electrons. The van der Waals surface area contributed by atoms with Crippen LogP contribution >= 0.6 is 0 Å². The molecule has 4 heteroatoms. The van der Waals surface area contributed by atoms with Crippen LogP contribution in [-0.2, 0) is 4.79 Å². The first-order valence-electron chi connectivity index (χ1n) is 7.16. The average Bonchev–Trinajstić information content (AvgIpc) is 3.33. The van der Waals surface area contributed by atoms with Crippen molar-refractivity contribution in [2.75, 3.05) is 11.9 Å². The number of carbonyl (C=O) groups excluding carboxylic acids is 1. The summed E-state index contributed by atoms with van der Waals surface area (Å²) in [5.74, 6) is 1.52. The highest BCUT2D eigenvalue weighted by molar-refractivity contribution is 5.92. The van der Waals surface area contributed by atoms with E-state index in [2.05, 4.69) is 10.6 Å². The zero-order valence-electron chi connectivity index (χ0n) is 11.7. The Labute approximate surface area is 124 Å². The Hall–Kier alpha value is -2.33. The molecule has 0 unspecified atom stereocenters. The van der Waals surface area contributed by atoms with Crippen LogP contribution in [0.25, 0.3) is 0 Å². The number of ether oxygens (including phenoxy) is 1. The molecule has 2 N–H and O–H groups in total. The van der Waals surface area contributed by atoms with Gasteiger partial charge in [0.05, 0.1) is 6.54 Å². The summed E-state index contributed by atoms with van der Waals surface area (Å²) in [6.07, 6.45) is 2.36. The second kappa shape index (κ2) is 6.41. The van der Waals surface area contributed by atoms with Crippen LogP contribution in [0.4, 0.5) is 5.69 Å². The van der Waals surface area contributed by atoms with Crippen LogP contribution in [0.15, 0.2) is 54.6 Å². The normalized spacial score (nSPS) is 13.7. The molecular formula is C17H18N2O2. The first-order valence-corrected chi connectivity index (χ1v) is 7.16. The zero-order valence-corrected chi connectivity index (χ0v) is 11.7. The molecule has 1 saturated carbocycles. The lowest BCUT2D eigenvalue weighted by Gasteiger charge is -2.08. The van der Waals surface area contributed by atoms with Gasteiger partial charge in [0.2, 0.25) is 5.91 Å². The smallest absolute Gasteiger partial charge is 0.238 e. The molecule has 1 aliphatic carbocycles. The maximum absolute atomic E-state index is 11.7. The number of anilines is 1. The first-order chi connectivity index (χ1) is 10.3. The molecule has 0 saturated heterocycles. The molecule has 3 rings (SSSR count). The molecule has 4 nitrogen and oxygen atoms in total. The Morgan fingerprint density at radius 1 is 1.00 bits per heavy atom. The largest absolute Gasteiger partial charge is 0.457 e. The fourth-order valence-electron chi connectivity index (χ4n) is 1.96. The van der Waals surface area contributed by atoms with Crippen molar-refractivity contribution >= 4 is 11.6 Å². The molecule has 2 aromatic rings. The molecule has 0 atom stereocenters. The van der Waals surface area contributed by atoms with Crippen LogP contribution < -0.4 is 15.4 Å².